The zero-order valence-electron chi connectivity index (χ0n) is 12.3. The number of carboxylic acid groups (broad SMARTS) is 1. The molecule has 0 spiro atoms. The van der Waals surface area contributed by atoms with E-state index in [1.54, 1.807) is 24.3 Å². The Balaban J connectivity index is 1.92. The van der Waals surface area contributed by atoms with Crippen LogP contribution in [-0.2, 0) is 6.54 Å². The van der Waals surface area contributed by atoms with Crippen molar-refractivity contribution in [1.29, 1.82) is 5.26 Å². The third kappa shape index (κ3) is 3.14. The third-order valence-electron chi connectivity index (χ3n) is 3.67. The Kier molecular flexibility index (Phi) is 3.94. The maximum absolute atomic E-state index is 10.9. The highest BCUT2D eigenvalue weighted by molar-refractivity contribution is 5.88. The molecule has 23 heavy (non-hydrogen) atoms. The van der Waals surface area contributed by atoms with Crippen molar-refractivity contribution in [3.8, 4) is 17.2 Å². The Labute approximate surface area is 133 Å². The van der Waals surface area contributed by atoms with E-state index in [0.29, 0.717) is 12.2 Å². The minimum atomic E-state index is -0.948. The van der Waals surface area contributed by atoms with Crippen LogP contribution in [0.1, 0.15) is 21.6 Å². The van der Waals surface area contributed by atoms with Crippen molar-refractivity contribution in [2.75, 3.05) is 0 Å². The van der Waals surface area contributed by atoms with Gasteiger partial charge in [-0.15, -0.1) is 0 Å². The first-order chi connectivity index (χ1) is 11.2. The van der Waals surface area contributed by atoms with Crippen LogP contribution in [0.15, 0.2) is 66.9 Å². The highest BCUT2D eigenvalue weighted by Crippen LogP contribution is 2.23. The summed E-state index contributed by atoms with van der Waals surface area (Å²) in [7, 11) is 0. The monoisotopic (exact) mass is 302 g/mol. The lowest BCUT2D eigenvalue weighted by molar-refractivity contribution is 0.0697. The van der Waals surface area contributed by atoms with E-state index in [2.05, 4.69) is 6.07 Å². The Bertz CT molecular complexity index is 872. The molecule has 0 radical (unpaired) electrons. The van der Waals surface area contributed by atoms with Crippen LogP contribution in [0.2, 0.25) is 0 Å². The van der Waals surface area contributed by atoms with Gasteiger partial charge in [0.05, 0.1) is 5.56 Å². The second-order valence-electron chi connectivity index (χ2n) is 5.22. The van der Waals surface area contributed by atoms with E-state index < -0.39 is 5.97 Å². The molecule has 2 aromatic carbocycles. The predicted molar refractivity (Wildman–Crippen MR) is 87.1 cm³/mol. The predicted octanol–water partition coefficient (Wildman–Crippen LogP) is 3.77. The highest BCUT2D eigenvalue weighted by atomic mass is 16.4. The molecule has 0 aliphatic carbocycles. The molecule has 4 nitrogen and oxygen atoms in total. The maximum atomic E-state index is 10.9. The Morgan fingerprint density at radius 2 is 1.74 bits per heavy atom. The van der Waals surface area contributed by atoms with Gasteiger partial charge in [-0.3, -0.25) is 0 Å². The van der Waals surface area contributed by atoms with Crippen molar-refractivity contribution in [1.82, 2.24) is 4.57 Å². The summed E-state index contributed by atoms with van der Waals surface area (Å²) in [6.07, 6.45) is 1.92. The molecule has 3 aromatic rings. The van der Waals surface area contributed by atoms with Gasteiger partial charge in [-0.05, 0) is 29.3 Å². The normalized spacial score (nSPS) is 10.2. The molecule has 112 valence electrons. The number of nitrogens with zero attached hydrogens (tertiary/aromatic N) is 2. The Morgan fingerprint density at radius 1 is 1.04 bits per heavy atom. The van der Waals surface area contributed by atoms with Crippen LogP contribution in [0.4, 0.5) is 0 Å². The van der Waals surface area contributed by atoms with E-state index in [9.17, 15) is 10.1 Å². The standard InChI is InChI=1S/C19H14N2O2/c20-11-18-10-17(15-6-8-16(9-7-15)19(22)23)13-21(18)12-14-4-2-1-3-5-14/h1-10,13H,12H2,(H,22,23). The van der Waals surface area contributed by atoms with E-state index in [-0.39, 0.29) is 5.56 Å². The Morgan fingerprint density at radius 3 is 2.35 bits per heavy atom. The van der Waals surface area contributed by atoms with Gasteiger partial charge >= 0.3 is 5.97 Å². The molecule has 1 heterocycles. The van der Waals surface area contributed by atoms with Gasteiger partial charge in [-0.25, -0.2) is 4.79 Å². The number of aromatic carboxylic acids is 1. The molecule has 0 aliphatic rings. The molecule has 0 unspecified atom stereocenters. The number of aromatic nitrogens is 1. The van der Waals surface area contributed by atoms with Gasteiger partial charge in [0.2, 0.25) is 0 Å². The fraction of sp³-hybridized carbons (Fsp3) is 0.0526. The van der Waals surface area contributed by atoms with Gasteiger partial charge < -0.3 is 9.67 Å². The topological polar surface area (TPSA) is 66.0 Å². The summed E-state index contributed by atoms with van der Waals surface area (Å²) in [6.45, 7) is 0.622. The number of hydrogen-bond donors (Lipinski definition) is 1. The number of carboxylic acids is 1. The molecule has 0 saturated heterocycles. The van der Waals surface area contributed by atoms with Gasteiger partial charge in [0.1, 0.15) is 11.8 Å². The van der Waals surface area contributed by atoms with Gasteiger partial charge in [-0.1, -0.05) is 42.5 Å². The summed E-state index contributed by atoms with van der Waals surface area (Å²) in [5, 5.41) is 18.3. The number of carbonyl (C=O) groups is 1. The zero-order chi connectivity index (χ0) is 16.2. The first kappa shape index (κ1) is 14.6. The van der Waals surface area contributed by atoms with Crippen LogP contribution in [0, 0.1) is 11.3 Å². The molecule has 1 aromatic heterocycles. The van der Waals surface area contributed by atoms with Gasteiger partial charge in [0.25, 0.3) is 0 Å². The van der Waals surface area contributed by atoms with Crippen molar-refractivity contribution in [2.24, 2.45) is 0 Å². The van der Waals surface area contributed by atoms with E-state index in [1.807, 2.05) is 47.2 Å². The van der Waals surface area contributed by atoms with Crippen LogP contribution in [0.25, 0.3) is 11.1 Å². The van der Waals surface area contributed by atoms with Crippen molar-refractivity contribution in [3.63, 3.8) is 0 Å². The van der Waals surface area contributed by atoms with Crippen LogP contribution in [0.3, 0.4) is 0 Å². The SMILES string of the molecule is N#Cc1cc(-c2ccc(C(=O)O)cc2)cn1Cc1ccccc1. The summed E-state index contributed by atoms with van der Waals surface area (Å²) in [5.41, 5.74) is 3.73. The molecule has 0 amide bonds. The number of nitriles is 1. The van der Waals surface area contributed by atoms with Crippen molar-refractivity contribution < 1.29 is 9.90 Å². The maximum Gasteiger partial charge on any atom is 0.335 e. The van der Waals surface area contributed by atoms with Crippen molar-refractivity contribution in [2.45, 2.75) is 6.54 Å². The molecule has 1 N–H and O–H groups in total. The van der Waals surface area contributed by atoms with E-state index in [0.717, 1.165) is 16.7 Å². The minimum Gasteiger partial charge on any atom is -0.478 e. The van der Waals surface area contributed by atoms with Gasteiger partial charge in [-0.2, -0.15) is 5.26 Å². The molecule has 0 bridgehead atoms. The van der Waals surface area contributed by atoms with Gasteiger partial charge in [0, 0.05) is 18.3 Å². The summed E-state index contributed by atoms with van der Waals surface area (Å²) in [6, 6.07) is 20.6. The molecular weight excluding hydrogens is 288 g/mol. The minimum absolute atomic E-state index is 0.248. The average Bonchev–Trinajstić information content (AvgIpc) is 2.99. The quantitative estimate of drug-likeness (QED) is 0.797. The molecular formula is C19H14N2O2. The third-order valence-corrected chi connectivity index (χ3v) is 3.67. The largest absolute Gasteiger partial charge is 0.478 e. The number of hydrogen-bond acceptors (Lipinski definition) is 2. The molecule has 0 saturated carbocycles. The lowest BCUT2D eigenvalue weighted by atomic mass is 10.1. The first-order valence-electron chi connectivity index (χ1n) is 7.15. The first-order valence-corrected chi connectivity index (χ1v) is 7.15. The van der Waals surface area contributed by atoms with Gasteiger partial charge in [0.15, 0.2) is 0 Å². The summed E-state index contributed by atoms with van der Waals surface area (Å²) < 4.78 is 1.90. The fourth-order valence-electron chi connectivity index (χ4n) is 2.48. The second-order valence-corrected chi connectivity index (χ2v) is 5.22. The average molecular weight is 302 g/mol. The smallest absolute Gasteiger partial charge is 0.335 e. The number of rotatable bonds is 4. The molecule has 3 rings (SSSR count). The second kappa shape index (κ2) is 6.20. The summed E-state index contributed by atoms with van der Waals surface area (Å²) in [4.78, 5) is 10.9. The molecule has 4 heteroatoms. The molecule has 0 atom stereocenters. The summed E-state index contributed by atoms with van der Waals surface area (Å²) in [5.74, 6) is -0.948. The highest BCUT2D eigenvalue weighted by Gasteiger charge is 2.09. The fourth-order valence-corrected chi connectivity index (χ4v) is 2.48. The van der Waals surface area contributed by atoms with Crippen LogP contribution in [0.5, 0.6) is 0 Å². The van der Waals surface area contributed by atoms with E-state index in [4.69, 9.17) is 5.11 Å². The van der Waals surface area contributed by atoms with Crippen LogP contribution >= 0.6 is 0 Å². The lowest BCUT2D eigenvalue weighted by Crippen LogP contribution is -2.00. The lowest BCUT2D eigenvalue weighted by Gasteiger charge is -2.04. The van der Waals surface area contributed by atoms with Crippen LogP contribution in [-0.4, -0.2) is 15.6 Å². The van der Waals surface area contributed by atoms with Crippen molar-refractivity contribution in [3.05, 3.63) is 83.7 Å². The number of benzene rings is 2. The molecule has 0 aliphatic heterocycles. The Hall–Kier alpha value is -3.32. The summed E-state index contributed by atoms with van der Waals surface area (Å²) >= 11 is 0. The van der Waals surface area contributed by atoms with Crippen LogP contribution < -0.4 is 0 Å². The molecule has 0 fully saturated rings. The van der Waals surface area contributed by atoms with E-state index in [1.165, 1.54) is 0 Å². The van der Waals surface area contributed by atoms with Crippen molar-refractivity contribution >= 4 is 5.97 Å². The zero-order valence-corrected chi connectivity index (χ0v) is 12.3. The van der Waals surface area contributed by atoms with E-state index >= 15 is 0 Å².